The third-order valence-corrected chi connectivity index (χ3v) is 6.97. The van der Waals surface area contributed by atoms with Crippen LogP contribution in [0.3, 0.4) is 0 Å². The predicted molar refractivity (Wildman–Crippen MR) is 128 cm³/mol. The first-order chi connectivity index (χ1) is 16.5. The number of ether oxygens (including phenoxy) is 1. The Balaban J connectivity index is 1.38. The smallest absolute Gasteiger partial charge is 0.407 e. The number of rotatable bonds is 10. The molecule has 2 aromatic carbocycles. The monoisotopic (exact) mass is 464 g/mol. The molecule has 2 aliphatic carbocycles. The van der Waals surface area contributed by atoms with Gasteiger partial charge in [-0.15, -0.1) is 0 Å². The second-order valence-corrected chi connectivity index (χ2v) is 9.22. The number of carboxylic acids is 1. The van der Waals surface area contributed by atoms with Gasteiger partial charge in [0.25, 0.3) is 0 Å². The van der Waals surface area contributed by atoms with Crippen LogP contribution in [0, 0.1) is 5.92 Å². The van der Waals surface area contributed by atoms with Crippen LogP contribution in [0.2, 0.25) is 0 Å². The van der Waals surface area contributed by atoms with Crippen molar-refractivity contribution in [1.29, 1.82) is 0 Å². The number of carbonyl (C=O) groups excluding carboxylic acids is 2. The van der Waals surface area contributed by atoms with Crippen molar-refractivity contribution in [3.05, 3.63) is 59.7 Å². The Bertz CT molecular complexity index is 1000. The van der Waals surface area contributed by atoms with Gasteiger partial charge in [-0.3, -0.25) is 9.59 Å². The summed E-state index contributed by atoms with van der Waals surface area (Å²) >= 11 is 0. The van der Waals surface area contributed by atoms with Crippen LogP contribution in [-0.2, 0) is 14.3 Å². The van der Waals surface area contributed by atoms with Crippen molar-refractivity contribution in [1.82, 2.24) is 10.6 Å². The highest BCUT2D eigenvalue weighted by molar-refractivity contribution is 5.86. The van der Waals surface area contributed by atoms with Crippen LogP contribution in [0.25, 0.3) is 11.1 Å². The van der Waals surface area contributed by atoms with E-state index in [4.69, 9.17) is 4.74 Å². The van der Waals surface area contributed by atoms with Gasteiger partial charge < -0.3 is 20.5 Å². The minimum atomic E-state index is -0.936. The second kappa shape index (κ2) is 10.7. The number of aliphatic carboxylic acids is 1. The number of amides is 2. The van der Waals surface area contributed by atoms with E-state index in [1.165, 1.54) is 0 Å². The van der Waals surface area contributed by atoms with E-state index in [0.717, 1.165) is 41.5 Å². The molecule has 1 unspecified atom stereocenters. The summed E-state index contributed by atoms with van der Waals surface area (Å²) in [5.41, 5.74) is 4.54. The number of nitrogens with one attached hydrogen (secondary N) is 2. The number of benzene rings is 2. The number of fused-ring (bicyclic) bond motifs is 3. The molecule has 0 spiro atoms. The Hall–Kier alpha value is -3.35. The minimum Gasteiger partial charge on any atom is -0.481 e. The molecule has 180 valence electrons. The maximum absolute atomic E-state index is 12.9. The fraction of sp³-hybridized carbons (Fsp3) is 0.444. The Morgan fingerprint density at radius 1 is 1.00 bits per heavy atom. The zero-order valence-electron chi connectivity index (χ0n) is 19.5. The van der Waals surface area contributed by atoms with Crippen molar-refractivity contribution >= 4 is 18.0 Å². The van der Waals surface area contributed by atoms with Crippen LogP contribution in [0.15, 0.2) is 48.5 Å². The SMILES string of the molecule is CCC[C@@H](NC(=O)OCC1c2ccccc2-c2ccccc21)C(=O)NC(CC(=O)O)C1CCC1. The van der Waals surface area contributed by atoms with E-state index in [-0.39, 0.29) is 30.8 Å². The fourth-order valence-electron chi connectivity index (χ4n) is 4.99. The molecule has 0 saturated heterocycles. The fourth-order valence-corrected chi connectivity index (χ4v) is 4.99. The number of hydrogen-bond acceptors (Lipinski definition) is 4. The van der Waals surface area contributed by atoms with Gasteiger partial charge in [-0.25, -0.2) is 4.79 Å². The normalized spacial score (nSPS) is 16.5. The van der Waals surface area contributed by atoms with Crippen LogP contribution < -0.4 is 10.6 Å². The summed E-state index contributed by atoms with van der Waals surface area (Å²) < 4.78 is 5.59. The largest absolute Gasteiger partial charge is 0.481 e. The molecule has 0 heterocycles. The predicted octanol–water partition coefficient (Wildman–Crippen LogP) is 4.45. The highest BCUT2D eigenvalue weighted by atomic mass is 16.5. The molecule has 1 fully saturated rings. The molecule has 2 aromatic rings. The lowest BCUT2D eigenvalue weighted by Gasteiger charge is -2.34. The lowest BCUT2D eigenvalue weighted by Crippen LogP contribution is -2.52. The highest BCUT2D eigenvalue weighted by Crippen LogP contribution is 2.44. The molecule has 2 atom stereocenters. The molecule has 7 heteroatoms. The van der Waals surface area contributed by atoms with E-state index in [9.17, 15) is 19.5 Å². The van der Waals surface area contributed by atoms with Gasteiger partial charge in [0.2, 0.25) is 5.91 Å². The number of carbonyl (C=O) groups is 3. The maximum Gasteiger partial charge on any atom is 0.407 e. The average molecular weight is 465 g/mol. The first kappa shape index (κ1) is 23.8. The zero-order chi connectivity index (χ0) is 24.1. The van der Waals surface area contributed by atoms with Crippen LogP contribution in [0.4, 0.5) is 4.79 Å². The quantitative estimate of drug-likeness (QED) is 0.482. The van der Waals surface area contributed by atoms with E-state index in [2.05, 4.69) is 34.9 Å². The summed E-state index contributed by atoms with van der Waals surface area (Å²) in [6.07, 6.45) is 3.25. The molecule has 2 aliphatic rings. The molecular formula is C27H32N2O5. The third kappa shape index (κ3) is 5.24. The van der Waals surface area contributed by atoms with Crippen LogP contribution in [0.5, 0.6) is 0 Å². The molecule has 0 aromatic heterocycles. The first-order valence-corrected chi connectivity index (χ1v) is 12.1. The maximum atomic E-state index is 12.9. The summed E-state index contributed by atoms with van der Waals surface area (Å²) in [5.74, 6) is -1.17. The Labute approximate surface area is 199 Å². The molecule has 7 nitrogen and oxygen atoms in total. The minimum absolute atomic E-state index is 0.0600. The molecule has 1 saturated carbocycles. The van der Waals surface area contributed by atoms with Gasteiger partial charge in [-0.2, -0.15) is 0 Å². The summed E-state index contributed by atoms with van der Waals surface area (Å²) in [5, 5.41) is 14.8. The van der Waals surface area contributed by atoms with E-state index in [1.807, 2.05) is 31.2 Å². The Kier molecular flexibility index (Phi) is 7.50. The molecule has 3 N–H and O–H groups in total. The van der Waals surface area contributed by atoms with Crippen molar-refractivity contribution in [2.45, 2.75) is 63.5 Å². The van der Waals surface area contributed by atoms with Gasteiger partial charge in [-0.1, -0.05) is 68.3 Å². The van der Waals surface area contributed by atoms with Crippen LogP contribution in [-0.4, -0.2) is 41.8 Å². The van der Waals surface area contributed by atoms with E-state index in [1.54, 1.807) is 0 Å². The van der Waals surface area contributed by atoms with Crippen LogP contribution >= 0.6 is 0 Å². The summed E-state index contributed by atoms with van der Waals surface area (Å²) in [6, 6.07) is 15.0. The summed E-state index contributed by atoms with van der Waals surface area (Å²) in [4.78, 5) is 36.8. The molecule has 0 radical (unpaired) electrons. The molecule has 4 rings (SSSR count). The molecular weight excluding hydrogens is 432 g/mol. The van der Waals surface area contributed by atoms with Crippen molar-refractivity contribution in [2.24, 2.45) is 5.92 Å². The second-order valence-electron chi connectivity index (χ2n) is 9.22. The van der Waals surface area contributed by atoms with Gasteiger partial charge in [0.1, 0.15) is 12.6 Å². The third-order valence-electron chi connectivity index (χ3n) is 6.97. The number of alkyl carbamates (subject to hydrolysis) is 1. The highest BCUT2D eigenvalue weighted by Gasteiger charge is 2.33. The average Bonchev–Trinajstić information content (AvgIpc) is 3.09. The van der Waals surface area contributed by atoms with Crippen molar-refractivity contribution in [3.8, 4) is 11.1 Å². The topological polar surface area (TPSA) is 105 Å². The van der Waals surface area contributed by atoms with Crippen molar-refractivity contribution in [2.75, 3.05) is 6.61 Å². The van der Waals surface area contributed by atoms with Crippen molar-refractivity contribution < 1.29 is 24.2 Å². The van der Waals surface area contributed by atoms with Gasteiger partial charge in [0, 0.05) is 12.0 Å². The van der Waals surface area contributed by atoms with Crippen molar-refractivity contribution in [3.63, 3.8) is 0 Å². The molecule has 2 amide bonds. The summed E-state index contributed by atoms with van der Waals surface area (Å²) in [7, 11) is 0. The van der Waals surface area contributed by atoms with E-state index in [0.29, 0.717) is 12.8 Å². The zero-order valence-corrected chi connectivity index (χ0v) is 19.5. The van der Waals surface area contributed by atoms with Gasteiger partial charge in [0.05, 0.1) is 6.42 Å². The van der Waals surface area contributed by atoms with E-state index >= 15 is 0 Å². The first-order valence-electron chi connectivity index (χ1n) is 12.1. The standard InChI is InChI=1S/C27H32N2O5/c1-2-8-23(26(32)28-24(15-25(30)31)17-9-7-10-17)29-27(33)34-16-22-20-13-5-3-11-18(20)19-12-4-6-14-21(19)22/h3-6,11-14,17,22-24H,2,7-10,15-16H2,1H3,(H,28,32)(H,29,33)(H,30,31)/t23-,24?/m1/s1. The lowest BCUT2D eigenvalue weighted by molar-refractivity contribution is -0.138. The molecule has 0 bridgehead atoms. The number of carboxylic acid groups (broad SMARTS) is 1. The lowest BCUT2D eigenvalue weighted by atomic mass is 9.78. The Morgan fingerprint density at radius 2 is 1.62 bits per heavy atom. The molecule has 34 heavy (non-hydrogen) atoms. The van der Waals surface area contributed by atoms with Crippen LogP contribution in [0.1, 0.15) is 62.5 Å². The summed E-state index contributed by atoms with van der Waals surface area (Å²) in [6.45, 7) is 2.10. The molecule has 0 aliphatic heterocycles. The number of hydrogen-bond donors (Lipinski definition) is 3. The Morgan fingerprint density at radius 3 is 2.15 bits per heavy atom. The van der Waals surface area contributed by atoms with Gasteiger partial charge >= 0.3 is 12.1 Å². The van der Waals surface area contributed by atoms with Gasteiger partial charge in [-0.05, 0) is 47.4 Å². The van der Waals surface area contributed by atoms with E-state index < -0.39 is 24.1 Å². The van der Waals surface area contributed by atoms with Gasteiger partial charge in [0.15, 0.2) is 0 Å².